The van der Waals surface area contributed by atoms with Crippen molar-refractivity contribution in [2.75, 3.05) is 11.4 Å². The van der Waals surface area contributed by atoms with Gasteiger partial charge in [0.2, 0.25) is 0 Å². The Hall–Kier alpha value is -1.60. The van der Waals surface area contributed by atoms with Crippen LogP contribution in [0.15, 0.2) is 35.8 Å². The van der Waals surface area contributed by atoms with Crippen molar-refractivity contribution in [1.29, 1.82) is 0 Å². The summed E-state index contributed by atoms with van der Waals surface area (Å²) in [5.41, 5.74) is 0.106. The molecule has 2 heterocycles. The summed E-state index contributed by atoms with van der Waals surface area (Å²) in [6.45, 7) is -1.41. The molecular weight excluding hydrogens is 313 g/mol. The molecule has 2 aromatic rings. The van der Waals surface area contributed by atoms with E-state index in [2.05, 4.69) is 4.98 Å². The third kappa shape index (κ3) is 3.71. The Morgan fingerprint density at radius 1 is 1.40 bits per heavy atom. The summed E-state index contributed by atoms with van der Waals surface area (Å²) >= 11 is 6.78. The Morgan fingerprint density at radius 2 is 2.15 bits per heavy atom. The van der Waals surface area contributed by atoms with E-state index in [1.165, 1.54) is 29.8 Å². The predicted molar refractivity (Wildman–Crippen MR) is 71.3 cm³/mol. The molecule has 106 valence electrons. The highest BCUT2D eigenvalue weighted by Gasteiger charge is 2.35. The van der Waals surface area contributed by atoms with Crippen molar-refractivity contribution >= 4 is 34.7 Å². The van der Waals surface area contributed by atoms with Crippen LogP contribution in [0, 0.1) is 0 Å². The highest BCUT2D eigenvalue weighted by Crippen LogP contribution is 2.25. The van der Waals surface area contributed by atoms with Crippen molar-refractivity contribution in [2.45, 2.75) is 6.18 Å². The van der Waals surface area contributed by atoms with Gasteiger partial charge in [-0.3, -0.25) is 9.69 Å². The third-order valence-corrected chi connectivity index (χ3v) is 3.41. The van der Waals surface area contributed by atoms with Crippen LogP contribution in [0.4, 0.5) is 19.0 Å². The Bertz CT molecular complexity index is 600. The van der Waals surface area contributed by atoms with E-state index in [1.54, 1.807) is 6.07 Å². The second-order valence-electron chi connectivity index (χ2n) is 3.83. The fourth-order valence-corrected chi connectivity index (χ4v) is 2.38. The number of rotatable bonds is 3. The zero-order valence-corrected chi connectivity index (χ0v) is 11.5. The molecule has 2 aromatic heterocycles. The molecule has 0 saturated heterocycles. The molecule has 0 radical (unpaired) electrons. The normalized spacial score (nSPS) is 11.4. The molecule has 0 spiro atoms. The van der Waals surface area contributed by atoms with Crippen LogP contribution >= 0.6 is 22.9 Å². The first-order chi connectivity index (χ1) is 9.37. The Balaban J connectivity index is 2.34. The van der Waals surface area contributed by atoms with E-state index in [0.717, 1.165) is 11.3 Å². The molecule has 0 bridgehead atoms. The van der Waals surface area contributed by atoms with E-state index in [1.807, 2.05) is 0 Å². The smallest absolute Gasteiger partial charge is 0.283 e. The van der Waals surface area contributed by atoms with Gasteiger partial charge in [-0.25, -0.2) is 4.98 Å². The lowest BCUT2D eigenvalue weighted by Crippen LogP contribution is -2.39. The van der Waals surface area contributed by atoms with Gasteiger partial charge in [-0.2, -0.15) is 13.2 Å². The van der Waals surface area contributed by atoms with Gasteiger partial charge in [0.25, 0.3) is 5.91 Å². The number of hydrogen-bond donors (Lipinski definition) is 0. The first-order valence-electron chi connectivity index (χ1n) is 5.40. The van der Waals surface area contributed by atoms with Crippen LogP contribution in [0.1, 0.15) is 10.4 Å². The Kier molecular flexibility index (Phi) is 4.29. The van der Waals surface area contributed by atoms with E-state index in [9.17, 15) is 18.0 Å². The van der Waals surface area contributed by atoms with Gasteiger partial charge in [-0.1, -0.05) is 17.7 Å². The van der Waals surface area contributed by atoms with Crippen LogP contribution in [0.3, 0.4) is 0 Å². The first-order valence-corrected chi connectivity index (χ1v) is 6.66. The summed E-state index contributed by atoms with van der Waals surface area (Å²) in [4.78, 5) is 16.5. The monoisotopic (exact) mass is 320 g/mol. The standard InChI is InChI=1S/C12H8ClF3N2OS/c13-9-5-8(6-20-9)11(19)18(7-12(14,15)16)10-3-1-2-4-17-10/h1-6H,7H2. The van der Waals surface area contributed by atoms with E-state index in [-0.39, 0.29) is 11.4 Å². The molecule has 0 aliphatic rings. The summed E-state index contributed by atoms with van der Waals surface area (Å²) in [6.07, 6.45) is -3.19. The predicted octanol–water partition coefficient (Wildman–Crippen LogP) is 4.01. The fourth-order valence-electron chi connectivity index (χ4n) is 1.53. The summed E-state index contributed by atoms with van der Waals surface area (Å²) < 4.78 is 38.2. The number of amides is 1. The molecule has 0 N–H and O–H groups in total. The zero-order chi connectivity index (χ0) is 14.8. The maximum absolute atomic E-state index is 12.6. The summed E-state index contributed by atoms with van der Waals surface area (Å²) in [7, 11) is 0. The Labute approximate surface area is 121 Å². The van der Waals surface area contributed by atoms with Gasteiger partial charge < -0.3 is 0 Å². The molecule has 0 saturated carbocycles. The number of thiophene rings is 1. The van der Waals surface area contributed by atoms with Crippen LogP contribution in [-0.2, 0) is 0 Å². The zero-order valence-electron chi connectivity index (χ0n) is 9.89. The second kappa shape index (κ2) is 5.80. The molecule has 8 heteroatoms. The minimum Gasteiger partial charge on any atom is -0.283 e. The van der Waals surface area contributed by atoms with Crippen LogP contribution in [0.5, 0.6) is 0 Å². The number of nitrogens with zero attached hydrogens (tertiary/aromatic N) is 2. The second-order valence-corrected chi connectivity index (χ2v) is 5.38. The number of alkyl halides is 3. The minimum atomic E-state index is -4.52. The number of hydrogen-bond acceptors (Lipinski definition) is 3. The molecule has 0 unspecified atom stereocenters. The maximum atomic E-state index is 12.6. The number of aromatic nitrogens is 1. The molecule has 0 atom stereocenters. The molecule has 0 aromatic carbocycles. The van der Waals surface area contributed by atoms with Crippen molar-refractivity contribution in [3.63, 3.8) is 0 Å². The van der Waals surface area contributed by atoms with Gasteiger partial charge in [0.15, 0.2) is 0 Å². The summed E-state index contributed by atoms with van der Waals surface area (Å²) in [5.74, 6) is -0.846. The van der Waals surface area contributed by atoms with Crippen LogP contribution in [0.25, 0.3) is 0 Å². The number of halogens is 4. The number of pyridine rings is 1. The van der Waals surface area contributed by atoms with Crippen molar-refractivity contribution in [3.8, 4) is 0 Å². The molecule has 0 fully saturated rings. The lowest BCUT2D eigenvalue weighted by molar-refractivity contribution is -0.118. The Morgan fingerprint density at radius 3 is 2.65 bits per heavy atom. The van der Waals surface area contributed by atoms with E-state index >= 15 is 0 Å². The first kappa shape index (κ1) is 14.8. The molecule has 1 amide bonds. The van der Waals surface area contributed by atoms with Gasteiger partial charge in [0, 0.05) is 11.6 Å². The van der Waals surface area contributed by atoms with Crippen molar-refractivity contribution in [1.82, 2.24) is 4.98 Å². The number of carbonyl (C=O) groups excluding carboxylic acids is 1. The highest BCUT2D eigenvalue weighted by molar-refractivity contribution is 7.14. The van der Waals surface area contributed by atoms with Crippen molar-refractivity contribution in [3.05, 3.63) is 45.7 Å². The van der Waals surface area contributed by atoms with E-state index in [4.69, 9.17) is 11.6 Å². The highest BCUT2D eigenvalue weighted by atomic mass is 35.5. The van der Waals surface area contributed by atoms with Crippen LogP contribution in [0.2, 0.25) is 4.34 Å². The molecule has 3 nitrogen and oxygen atoms in total. The lowest BCUT2D eigenvalue weighted by Gasteiger charge is -2.22. The number of anilines is 1. The van der Waals surface area contributed by atoms with Crippen molar-refractivity contribution < 1.29 is 18.0 Å². The fraction of sp³-hybridized carbons (Fsp3) is 0.167. The lowest BCUT2D eigenvalue weighted by atomic mass is 10.2. The van der Waals surface area contributed by atoms with E-state index in [0.29, 0.717) is 9.24 Å². The van der Waals surface area contributed by atoms with Gasteiger partial charge in [-0.15, -0.1) is 11.3 Å². The van der Waals surface area contributed by atoms with Gasteiger partial charge in [0.05, 0.1) is 9.90 Å². The quantitative estimate of drug-likeness (QED) is 0.856. The van der Waals surface area contributed by atoms with Gasteiger partial charge >= 0.3 is 6.18 Å². The summed E-state index contributed by atoms with van der Waals surface area (Å²) in [6, 6.07) is 5.75. The minimum absolute atomic E-state index is 0.0582. The van der Waals surface area contributed by atoms with E-state index < -0.39 is 18.6 Å². The van der Waals surface area contributed by atoms with Crippen LogP contribution in [-0.4, -0.2) is 23.6 Å². The largest absolute Gasteiger partial charge is 0.406 e. The molecule has 0 aliphatic heterocycles. The SMILES string of the molecule is O=C(c1csc(Cl)c1)N(CC(F)(F)F)c1ccccn1. The third-order valence-electron chi connectivity index (χ3n) is 2.32. The maximum Gasteiger partial charge on any atom is 0.406 e. The molecule has 2 rings (SSSR count). The molecular formula is C12H8ClF3N2OS. The molecule has 0 aliphatic carbocycles. The average Bonchev–Trinajstić information content (AvgIpc) is 2.82. The molecule has 20 heavy (non-hydrogen) atoms. The summed E-state index contributed by atoms with van der Waals surface area (Å²) in [5, 5.41) is 1.41. The topological polar surface area (TPSA) is 33.2 Å². The number of carbonyl (C=O) groups is 1. The van der Waals surface area contributed by atoms with Gasteiger partial charge in [-0.05, 0) is 18.2 Å². The average molecular weight is 321 g/mol. The van der Waals surface area contributed by atoms with Crippen molar-refractivity contribution in [2.24, 2.45) is 0 Å². The van der Waals surface area contributed by atoms with Gasteiger partial charge in [0.1, 0.15) is 12.4 Å². The van der Waals surface area contributed by atoms with Crippen LogP contribution < -0.4 is 4.90 Å².